The fourth-order valence-electron chi connectivity index (χ4n) is 2.65. The van der Waals surface area contributed by atoms with Crippen molar-refractivity contribution in [2.75, 3.05) is 18.5 Å². The van der Waals surface area contributed by atoms with E-state index in [1.54, 1.807) is 0 Å². The van der Waals surface area contributed by atoms with Crippen LogP contribution in [0, 0.1) is 11.3 Å². The number of aromatic nitrogens is 1. The molecular formula is C16H20F3N3O. The Morgan fingerprint density at radius 3 is 2.52 bits per heavy atom. The van der Waals surface area contributed by atoms with Gasteiger partial charge in [-0.15, -0.1) is 0 Å². The summed E-state index contributed by atoms with van der Waals surface area (Å²) in [5.41, 5.74) is -0.920. The number of rotatable bonds is 5. The molecule has 7 heteroatoms. The first-order chi connectivity index (χ1) is 11.0. The van der Waals surface area contributed by atoms with Gasteiger partial charge in [-0.05, 0) is 25.0 Å². The zero-order valence-electron chi connectivity index (χ0n) is 12.8. The molecule has 0 atom stereocenters. The highest BCUT2D eigenvalue weighted by Gasteiger charge is 2.33. The lowest BCUT2D eigenvalue weighted by Crippen LogP contribution is -2.19. The predicted octanol–water partition coefficient (Wildman–Crippen LogP) is 4.12. The van der Waals surface area contributed by atoms with Gasteiger partial charge in [0, 0.05) is 6.54 Å². The molecule has 0 saturated heterocycles. The van der Waals surface area contributed by atoms with Crippen molar-refractivity contribution in [2.45, 2.75) is 50.8 Å². The van der Waals surface area contributed by atoms with Gasteiger partial charge in [0.15, 0.2) is 0 Å². The second kappa shape index (κ2) is 8.16. The summed E-state index contributed by atoms with van der Waals surface area (Å²) in [6.45, 7) is 0.701. The van der Waals surface area contributed by atoms with Crippen LogP contribution in [-0.4, -0.2) is 24.2 Å². The average Bonchev–Trinajstić information content (AvgIpc) is 2.79. The van der Waals surface area contributed by atoms with Crippen LogP contribution < -0.4 is 5.32 Å². The van der Waals surface area contributed by atoms with E-state index >= 15 is 0 Å². The number of ether oxygens (including phenoxy) is 1. The van der Waals surface area contributed by atoms with Crippen LogP contribution in [0.4, 0.5) is 19.0 Å². The second-order valence-corrected chi connectivity index (χ2v) is 5.61. The molecule has 4 nitrogen and oxygen atoms in total. The van der Waals surface area contributed by atoms with E-state index in [0.29, 0.717) is 13.2 Å². The number of nitrogens with one attached hydrogen (secondary N) is 1. The van der Waals surface area contributed by atoms with Crippen molar-refractivity contribution in [3.63, 3.8) is 0 Å². The van der Waals surface area contributed by atoms with Crippen LogP contribution in [0.5, 0.6) is 0 Å². The summed E-state index contributed by atoms with van der Waals surface area (Å²) in [4.78, 5) is 3.50. The van der Waals surface area contributed by atoms with Crippen LogP contribution in [0.3, 0.4) is 0 Å². The van der Waals surface area contributed by atoms with E-state index in [-0.39, 0.29) is 17.5 Å². The van der Waals surface area contributed by atoms with Crippen LogP contribution in [0.25, 0.3) is 0 Å². The molecule has 0 radical (unpaired) electrons. The van der Waals surface area contributed by atoms with Crippen molar-refractivity contribution in [1.29, 1.82) is 5.26 Å². The summed E-state index contributed by atoms with van der Waals surface area (Å²) in [5, 5.41) is 11.7. The first-order valence-corrected chi connectivity index (χ1v) is 7.84. The highest BCUT2D eigenvalue weighted by atomic mass is 19.4. The molecule has 1 aliphatic rings. The van der Waals surface area contributed by atoms with Gasteiger partial charge in [-0.3, -0.25) is 0 Å². The van der Waals surface area contributed by atoms with Gasteiger partial charge in [-0.2, -0.15) is 18.4 Å². The van der Waals surface area contributed by atoms with E-state index in [9.17, 15) is 13.2 Å². The smallest absolute Gasteiger partial charge is 0.376 e. The molecule has 0 unspecified atom stereocenters. The van der Waals surface area contributed by atoms with Crippen LogP contribution in [0.2, 0.25) is 0 Å². The molecule has 2 rings (SSSR count). The van der Waals surface area contributed by atoms with Crippen molar-refractivity contribution < 1.29 is 17.9 Å². The Morgan fingerprint density at radius 2 is 1.91 bits per heavy atom. The number of hydrogen-bond acceptors (Lipinski definition) is 4. The first kappa shape index (κ1) is 17.5. The van der Waals surface area contributed by atoms with Gasteiger partial charge in [0.1, 0.15) is 17.6 Å². The molecule has 1 aliphatic carbocycles. The first-order valence-electron chi connectivity index (χ1n) is 7.84. The second-order valence-electron chi connectivity index (χ2n) is 5.61. The summed E-state index contributed by atoms with van der Waals surface area (Å²) in [5.74, 6) is -0.0493. The van der Waals surface area contributed by atoms with Gasteiger partial charge in [-0.25, -0.2) is 4.98 Å². The van der Waals surface area contributed by atoms with E-state index in [1.165, 1.54) is 12.8 Å². The van der Waals surface area contributed by atoms with Crippen LogP contribution in [0.1, 0.15) is 49.8 Å². The molecule has 0 bridgehead atoms. The summed E-state index contributed by atoms with van der Waals surface area (Å²) >= 11 is 0. The molecule has 0 aromatic carbocycles. The third-order valence-corrected chi connectivity index (χ3v) is 3.86. The summed E-state index contributed by atoms with van der Waals surface area (Å²) in [7, 11) is 0. The van der Waals surface area contributed by atoms with Gasteiger partial charge >= 0.3 is 6.18 Å². The predicted molar refractivity (Wildman–Crippen MR) is 79.9 cm³/mol. The number of hydrogen-bond donors (Lipinski definition) is 1. The number of pyridine rings is 1. The minimum atomic E-state index is -4.53. The molecule has 126 valence electrons. The van der Waals surface area contributed by atoms with Crippen molar-refractivity contribution in [2.24, 2.45) is 0 Å². The maximum absolute atomic E-state index is 12.7. The molecule has 23 heavy (non-hydrogen) atoms. The lowest BCUT2D eigenvalue weighted by Gasteiger charge is -2.16. The monoisotopic (exact) mass is 327 g/mol. The molecule has 1 N–H and O–H groups in total. The third kappa shape index (κ3) is 5.39. The molecule has 1 saturated carbocycles. The molecular weight excluding hydrogens is 307 g/mol. The molecule has 1 aromatic rings. The van der Waals surface area contributed by atoms with E-state index < -0.39 is 11.9 Å². The van der Waals surface area contributed by atoms with E-state index in [4.69, 9.17) is 10.00 Å². The van der Waals surface area contributed by atoms with Crippen molar-refractivity contribution in [3.05, 3.63) is 23.4 Å². The third-order valence-electron chi connectivity index (χ3n) is 3.86. The van der Waals surface area contributed by atoms with E-state index in [2.05, 4.69) is 10.3 Å². The molecule has 0 amide bonds. The Morgan fingerprint density at radius 1 is 1.22 bits per heavy atom. The minimum Gasteiger partial charge on any atom is -0.376 e. The van der Waals surface area contributed by atoms with Gasteiger partial charge in [0.05, 0.1) is 18.3 Å². The highest BCUT2D eigenvalue weighted by molar-refractivity contribution is 5.52. The van der Waals surface area contributed by atoms with Crippen molar-refractivity contribution >= 4 is 5.82 Å². The molecule has 1 heterocycles. The average molecular weight is 327 g/mol. The Hall–Kier alpha value is -1.81. The lowest BCUT2D eigenvalue weighted by atomic mass is 10.1. The number of anilines is 1. The molecule has 1 aromatic heterocycles. The fourth-order valence-corrected chi connectivity index (χ4v) is 2.65. The maximum atomic E-state index is 12.7. The summed E-state index contributed by atoms with van der Waals surface area (Å²) in [6.07, 6.45) is 2.55. The maximum Gasteiger partial charge on any atom is 0.433 e. The van der Waals surface area contributed by atoms with Crippen LogP contribution >= 0.6 is 0 Å². The zero-order chi connectivity index (χ0) is 16.7. The number of nitriles is 1. The topological polar surface area (TPSA) is 57.9 Å². The lowest BCUT2D eigenvalue weighted by molar-refractivity contribution is -0.141. The zero-order valence-corrected chi connectivity index (χ0v) is 12.8. The summed E-state index contributed by atoms with van der Waals surface area (Å²) < 4.78 is 43.8. The van der Waals surface area contributed by atoms with Crippen molar-refractivity contribution in [3.8, 4) is 6.07 Å². The number of halogens is 3. The van der Waals surface area contributed by atoms with Gasteiger partial charge in [0.2, 0.25) is 0 Å². The van der Waals surface area contributed by atoms with E-state index in [1.807, 2.05) is 6.07 Å². The quantitative estimate of drug-likeness (QED) is 0.653. The molecule has 0 aliphatic heterocycles. The Bertz CT molecular complexity index is 546. The van der Waals surface area contributed by atoms with Gasteiger partial charge < -0.3 is 10.1 Å². The highest BCUT2D eigenvalue weighted by Crippen LogP contribution is 2.29. The Balaban J connectivity index is 1.88. The molecule has 0 spiro atoms. The van der Waals surface area contributed by atoms with Gasteiger partial charge in [-0.1, -0.05) is 25.7 Å². The normalized spacial score (nSPS) is 16.6. The minimum absolute atomic E-state index is 0.0493. The standard InChI is InChI=1S/C16H20F3N3O/c17-16(18,19)14-8-7-12(11-20)15(22-14)21-9-10-23-13-5-3-1-2-4-6-13/h7-8,13H,1-6,9-10H2,(H,21,22). The van der Waals surface area contributed by atoms with E-state index in [0.717, 1.165) is 37.8 Å². The Labute approximate surface area is 133 Å². The Kier molecular flexibility index (Phi) is 6.22. The summed E-state index contributed by atoms with van der Waals surface area (Å²) in [6, 6.07) is 3.78. The van der Waals surface area contributed by atoms with Crippen molar-refractivity contribution in [1.82, 2.24) is 4.98 Å². The van der Waals surface area contributed by atoms with Crippen LogP contribution in [-0.2, 0) is 10.9 Å². The SMILES string of the molecule is N#Cc1ccc(C(F)(F)F)nc1NCCOC1CCCCCC1. The van der Waals surface area contributed by atoms with Gasteiger partial charge in [0.25, 0.3) is 0 Å². The number of alkyl halides is 3. The number of nitrogens with zero attached hydrogens (tertiary/aromatic N) is 2. The fraction of sp³-hybridized carbons (Fsp3) is 0.625. The molecule has 1 fully saturated rings. The van der Waals surface area contributed by atoms with Crippen LogP contribution in [0.15, 0.2) is 12.1 Å². The largest absolute Gasteiger partial charge is 0.433 e.